The monoisotopic (exact) mass is 295 g/mol. The molecule has 116 valence electrons. The van der Waals surface area contributed by atoms with E-state index in [0.717, 1.165) is 6.42 Å². The molecule has 8 heteroatoms. The Morgan fingerprint density at radius 1 is 1.67 bits per heavy atom. The Bertz CT molecular complexity index is 545. The molecule has 1 aliphatic heterocycles. The van der Waals surface area contributed by atoms with E-state index in [1.807, 2.05) is 0 Å². The summed E-state index contributed by atoms with van der Waals surface area (Å²) in [6.07, 6.45) is 1.21. The third kappa shape index (κ3) is 4.45. The molecular formula is C13H21N5O3. The number of hydrogen-bond donors (Lipinski definition) is 3. The summed E-state index contributed by atoms with van der Waals surface area (Å²) in [4.78, 5) is 31.2. The molecule has 0 bridgehead atoms. The minimum atomic E-state index is -0.261. The molecule has 0 aliphatic carbocycles. The van der Waals surface area contributed by atoms with E-state index >= 15 is 0 Å². The zero-order valence-corrected chi connectivity index (χ0v) is 12.1. The average Bonchev–Trinajstić information content (AvgIpc) is 2.87. The van der Waals surface area contributed by atoms with Gasteiger partial charge in [-0.25, -0.2) is 9.78 Å². The molecular weight excluding hydrogens is 274 g/mol. The minimum Gasteiger partial charge on any atom is -0.450 e. The minimum absolute atomic E-state index is 0.225. The van der Waals surface area contributed by atoms with Crippen LogP contribution in [0.15, 0.2) is 10.9 Å². The predicted molar refractivity (Wildman–Crippen MR) is 78.0 cm³/mol. The molecule has 0 unspecified atom stereocenters. The maximum absolute atomic E-state index is 11.6. The number of aromatic nitrogens is 2. The number of nitrogens with zero attached hydrogens (tertiary/aromatic N) is 2. The van der Waals surface area contributed by atoms with Gasteiger partial charge in [0.25, 0.3) is 5.56 Å². The van der Waals surface area contributed by atoms with Crippen LogP contribution in [0.5, 0.6) is 0 Å². The predicted octanol–water partition coefficient (Wildman–Crippen LogP) is -0.285. The third-order valence-corrected chi connectivity index (χ3v) is 3.32. The quantitative estimate of drug-likeness (QED) is 0.688. The average molecular weight is 295 g/mol. The van der Waals surface area contributed by atoms with E-state index in [0.29, 0.717) is 38.5 Å². The van der Waals surface area contributed by atoms with Crippen LogP contribution in [-0.4, -0.2) is 53.2 Å². The number of aromatic amines is 1. The maximum Gasteiger partial charge on any atom is 0.409 e. The molecule has 8 nitrogen and oxygen atoms in total. The van der Waals surface area contributed by atoms with Crippen molar-refractivity contribution in [2.24, 2.45) is 0 Å². The zero-order valence-electron chi connectivity index (χ0n) is 12.1. The number of H-pyrrole nitrogens is 1. The van der Waals surface area contributed by atoms with Crippen molar-refractivity contribution in [3.05, 3.63) is 22.2 Å². The fourth-order valence-electron chi connectivity index (χ4n) is 2.35. The number of carbonyl (C=O) groups excluding carboxylic acids is 1. The van der Waals surface area contributed by atoms with E-state index in [2.05, 4.69) is 15.3 Å². The molecule has 1 amide bonds. The number of likely N-dealkylation sites (tertiary alicyclic amines) is 1. The van der Waals surface area contributed by atoms with Gasteiger partial charge >= 0.3 is 6.09 Å². The summed E-state index contributed by atoms with van der Waals surface area (Å²) in [6.45, 7) is 4.18. The highest BCUT2D eigenvalue weighted by atomic mass is 16.6. The number of rotatable bonds is 5. The second-order valence-corrected chi connectivity index (χ2v) is 4.95. The van der Waals surface area contributed by atoms with E-state index < -0.39 is 0 Å². The van der Waals surface area contributed by atoms with E-state index in [1.165, 1.54) is 6.07 Å². The van der Waals surface area contributed by atoms with E-state index in [-0.39, 0.29) is 23.5 Å². The summed E-state index contributed by atoms with van der Waals surface area (Å²) >= 11 is 0. The lowest BCUT2D eigenvalue weighted by molar-refractivity contribution is 0.115. The van der Waals surface area contributed by atoms with Crippen LogP contribution in [0.1, 0.15) is 19.2 Å². The molecule has 1 atom stereocenters. The molecule has 1 aromatic rings. The van der Waals surface area contributed by atoms with Gasteiger partial charge in [-0.3, -0.25) is 4.79 Å². The number of amides is 1. The van der Waals surface area contributed by atoms with Crippen molar-refractivity contribution in [1.29, 1.82) is 0 Å². The third-order valence-electron chi connectivity index (χ3n) is 3.32. The summed E-state index contributed by atoms with van der Waals surface area (Å²) in [6, 6.07) is 1.49. The van der Waals surface area contributed by atoms with Gasteiger partial charge in [0.2, 0.25) is 0 Å². The smallest absolute Gasteiger partial charge is 0.409 e. The lowest BCUT2D eigenvalue weighted by Crippen LogP contribution is -2.36. The van der Waals surface area contributed by atoms with Crippen molar-refractivity contribution in [2.45, 2.75) is 25.8 Å². The van der Waals surface area contributed by atoms with Crippen LogP contribution >= 0.6 is 0 Å². The van der Waals surface area contributed by atoms with Gasteiger partial charge in [0.1, 0.15) is 11.6 Å². The van der Waals surface area contributed by atoms with Gasteiger partial charge in [-0.2, -0.15) is 0 Å². The lowest BCUT2D eigenvalue weighted by Gasteiger charge is -2.16. The highest BCUT2D eigenvalue weighted by Gasteiger charge is 2.26. The highest BCUT2D eigenvalue weighted by molar-refractivity contribution is 5.68. The van der Waals surface area contributed by atoms with Crippen LogP contribution in [0.3, 0.4) is 0 Å². The van der Waals surface area contributed by atoms with E-state index in [1.54, 1.807) is 11.8 Å². The molecule has 2 heterocycles. The second kappa shape index (κ2) is 7.07. The Labute approximate surface area is 122 Å². The lowest BCUT2D eigenvalue weighted by atomic mass is 10.2. The molecule has 0 spiro atoms. The number of ether oxygens (including phenoxy) is 1. The number of anilines is 1. The van der Waals surface area contributed by atoms with Crippen LogP contribution in [-0.2, 0) is 11.2 Å². The SMILES string of the molecule is CCOC(=O)N1CC[C@H](NCCc2nc(N)cc(=O)[nH]2)C1. The Balaban J connectivity index is 1.74. The van der Waals surface area contributed by atoms with Crippen LogP contribution in [0.25, 0.3) is 0 Å². The van der Waals surface area contributed by atoms with Crippen molar-refractivity contribution in [3.8, 4) is 0 Å². The van der Waals surface area contributed by atoms with Crippen LogP contribution in [0, 0.1) is 0 Å². The number of nitrogens with two attached hydrogens (primary N) is 1. The van der Waals surface area contributed by atoms with Gasteiger partial charge in [-0.15, -0.1) is 0 Å². The maximum atomic E-state index is 11.6. The largest absolute Gasteiger partial charge is 0.450 e. The van der Waals surface area contributed by atoms with Crippen molar-refractivity contribution < 1.29 is 9.53 Å². The molecule has 1 aromatic heterocycles. The van der Waals surface area contributed by atoms with Gasteiger partial charge in [0, 0.05) is 38.2 Å². The van der Waals surface area contributed by atoms with Crippen molar-refractivity contribution in [3.63, 3.8) is 0 Å². The highest BCUT2D eigenvalue weighted by Crippen LogP contribution is 2.10. The van der Waals surface area contributed by atoms with Gasteiger partial charge in [-0.1, -0.05) is 0 Å². The summed E-state index contributed by atoms with van der Waals surface area (Å²) in [7, 11) is 0. The number of nitrogens with one attached hydrogen (secondary N) is 2. The Morgan fingerprint density at radius 2 is 2.48 bits per heavy atom. The Kier molecular flexibility index (Phi) is 5.15. The topological polar surface area (TPSA) is 113 Å². The number of carbonyl (C=O) groups is 1. The molecule has 0 saturated carbocycles. The summed E-state index contributed by atoms with van der Waals surface area (Å²) in [5.41, 5.74) is 5.28. The number of nitrogen functional groups attached to an aromatic ring is 1. The van der Waals surface area contributed by atoms with Gasteiger partial charge in [-0.05, 0) is 13.3 Å². The Morgan fingerprint density at radius 3 is 3.19 bits per heavy atom. The van der Waals surface area contributed by atoms with Crippen molar-refractivity contribution in [2.75, 3.05) is 32.0 Å². The summed E-state index contributed by atoms with van der Waals surface area (Å²) in [5, 5.41) is 3.34. The van der Waals surface area contributed by atoms with Gasteiger partial charge < -0.3 is 25.7 Å². The van der Waals surface area contributed by atoms with Crippen LogP contribution in [0.4, 0.5) is 10.6 Å². The molecule has 4 N–H and O–H groups in total. The Hall–Kier alpha value is -2.09. The second-order valence-electron chi connectivity index (χ2n) is 4.95. The van der Waals surface area contributed by atoms with Crippen LogP contribution < -0.4 is 16.6 Å². The molecule has 2 rings (SSSR count). The zero-order chi connectivity index (χ0) is 15.2. The molecule has 1 fully saturated rings. The summed E-state index contributed by atoms with van der Waals surface area (Å²) < 4.78 is 4.97. The standard InChI is InChI=1S/C13H21N5O3/c1-2-21-13(20)18-6-4-9(8-18)15-5-3-11-16-10(14)7-12(19)17-11/h7,9,15H,2-6,8H2,1H3,(H3,14,16,17,19)/t9-/m0/s1. The first-order valence-electron chi connectivity index (χ1n) is 7.09. The fourth-order valence-corrected chi connectivity index (χ4v) is 2.35. The normalized spacial score (nSPS) is 18.0. The summed E-state index contributed by atoms with van der Waals surface area (Å²) in [5.74, 6) is 0.788. The first-order valence-corrected chi connectivity index (χ1v) is 7.09. The van der Waals surface area contributed by atoms with Gasteiger partial charge in [0.05, 0.1) is 6.61 Å². The first kappa shape index (κ1) is 15.3. The molecule has 21 heavy (non-hydrogen) atoms. The number of hydrogen-bond acceptors (Lipinski definition) is 6. The van der Waals surface area contributed by atoms with Gasteiger partial charge in [0.15, 0.2) is 0 Å². The fraction of sp³-hybridized carbons (Fsp3) is 0.615. The van der Waals surface area contributed by atoms with Crippen molar-refractivity contribution in [1.82, 2.24) is 20.2 Å². The molecule has 1 aliphatic rings. The first-order chi connectivity index (χ1) is 10.1. The van der Waals surface area contributed by atoms with Crippen LogP contribution in [0.2, 0.25) is 0 Å². The van der Waals surface area contributed by atoms with Crippen molar-refractivity contribution >= 4 is 11.9 Å². The molecule has 1 saturated heterocycles. The molecule has 0 radical (unpaired) electrons. The molecule has 0 aromatic carbocycles. The van der Waals surface area contributed by atoms with E-state index in [9.17, 15) is 9.59 Å². The van der Waals surface area contributed by atoms with E-state index in [4.69, 9.17) is 10.5 Å².